The highest BCUT2D eigenvalue weighted by molar-refractivity contribution is 5.89. The van der Waals surface area contributed by atoms with Crippen molar-refractivity contribution in [2.75, 3.05) is 0 Å². The molecular formula is C12H18N2O3. The van der Waals surface area contributed by atoms with Gasteiger partial charge < -0.3 is 15.4 Å². The van der Waals surface area contributed by atoms with Gasteiger partial charge in [0.15, 0.2) is 0 Å². The minimum absolute atomic E-state index is 0.326. The number of hydrogen-bond acceptors (Lipinski definition) is 2. The van der Waals surface area contributed by atoms with Crippen molar-refractivity contribution < 1.29 is 14.7 Å². The van der Waals surface area contributed by atoms with Crippen molar-refractivity contribution in [2.24, 2.45) is 5.73 Å². The van der Waals surface area contributed by atoms with Crippen LogP contribution < -0.4 is 5.73 Å². The van der Waals surface area contributed by atoms with E-state index >= 15 is 0 Å². The molecule has 0 aliphatic heterocycles. The lowest BCUT2D eigenvalue weighted by Crippen LogP contribution is -2.12. The highest BCUT2D eigenvalue weighted by Gasteiger charge is 2.13. The molecule has 1 amide bonds. The third-order valence-electron chi connectivity index (χ3n) is 2.62. The molecule has 0 saturated carbocycles. The van der Waals surface area contributed by atoms with Crippen molar-refractivity contribution >= 4 is 11.9 Å². The van der Waals surface area contributed by atoms with Crippen molar-refractivity contribution in [1.82, 2.24) is 4.57 Å². The van der Waals surface area contributed by atoms with Gasteiger partial charge in [0.2, 0.25) is 5.91 Å². The van der Waals surface area contributed by atoms with Crippen LogP contribution in [0.4, 0.5) is 0 Å². The number of aromatic carboxylic acids is 1. The lowest BCUT2D eigenvalue weighted by Gasteiger charge is -2.08. The Morgan fingerprint density at radius 3 is 2.71 bits per heavy atom. The van der Waals surface area contributed by atoms with Crippen molar-refractivity contribution in [3.63, 3.8) is 0 Å². The number of nitrogens with two attached hydrogens (primary N) is 1. The number of carboxylic acids is 1. The summed E-state index contributed by atoms with van der Waals surface area (Å²) in [4.78, 5) is 21.6. The fourth-order valence-electron chi connectivity index (χ4n) is 1.85. The summed E-state index contributed by atoms with van der Waals surface area (Å²) in [5.41, 5.74) is 6.24. The lowest BCUT2D eigenvalue weighted by atomic mass is 10.1. The largest absolute Gasteiger partial charge is 0.478 e. The maximum atomic E-state index is 11.0. The van der Waals surface area contributed by atoms with Gasteiger partial charge in [-0.1, -0.05) is 13.3 Å². The number of hydrogen-bond donors (Lipinski definition) is 2. The molecule has 0 unspecified atom stereocenters. The zero-order valence-electron chi connectivity index (χ0n) is 9.98. The van der Waals surface area contributed by atoms with Crippen molar-refractivity contribution in [1.29, 1.82) is 0 Å². The second-order valence-corrected chi connectivity index (χ2v) is 3.99. The van der Waals surface area contributed by atoms with E-state index in [0.717, 1.165) is 18.5 Å². The van der Waals surface area contributed by atoms with Gasteiger partial charge in [-0.3, -0.25) is 4.79 Å². The quantitative estimate of drug-likeness (QED) is 0.753. The molecule has 0 aliphatic carbocycles. The standard InChI is InChI=1S/C12H18N2O3/c1-2-4-10-9(12(16)17)6-8-14(10)7-3-5-11(13)15/h6,8H,2-5,7H2,1H3,(H2,13,15)(H,16,17). The van der Waals surface area contributed by atoms with Gasteiger partial charge in [0, 0.05) is 24.9 Å². The smallest absolute Gasteiger partial charge is 0.337 e. The summed E-state index contributed by atoms with van der Waals surface area (Å²) in [6, 6.07) is 1.61. The summed E-state index contributed by atoms with van der Waals surface area (Å²) in [6.07, 6.45) is 4.34. The summed E-state index contributed by atoms with van der Waals surface area (Å²) >= 11 is 0. The monoisotopic (exact) mass is 238 g/mol. The van der Waals surface area contributed by atoms with E-state index in [1.165, 1.54) is 0 Å². The van der Waals surface area contributed by atoms with Crippen LogP contribution in [0.3, 0.4) is 0 Å². The summed E-state index contributed by atoms with van der Waals surface area (Å²) in [5, 5.41) is 9.03. The molecule has 0 aliphatic rings. The Hall–Kier alpha value is -1.78. The van der Waals surface area contributed by atoms with Crippen LogP contribution in [0.5, 0.6) is 0 Å². The topological polar surface area (TPSA) is 85.3 Å². The summed E-state index contributed by atoms with van der Waals surface area (Å²) in [6.45, 7) is 2.64. The summed E-state index contributed by atoms with van der Waals surface area (Å²) in [7, 11) is 0. The molecule has 5 nitrogen and oxygen atoms in total. The van der Waals surface area contributed by atoms with E-state index in [0.29, 0.717) is 24.9 Å². The molecule has 94 valence electrons. The molecule has 17 heavy (non-hydrogen) atoms. The fourth-order valence-corrected chi connectivity index (χ4v) is 1.85. The van der Waals surface area contributed by atoms with E-state index in [-0.39, 0.29) is 5.91 Å². The van der Waals surface area contributed by atoms with Gasteiger partial charge in [-0.05, 0) is 18.9 Å². The number of rotatable bonds is 7. The van der Waals surface area contributed by atoms with Crippen LogP contribution in [-0.2, 0) is 17.8 Å². The van der Waals surface area contributed by atoms with Gasteiger partial charge in [0.05, 0.1) is 5.56 Å². The van der Waals surface area contributed by atoms with Gasteiger partial charge in [-0.2, -0.15) is 0 Å². The Labute approximate surface area is 100 Å². The zero-order chi connectivity index (χ0) is 12.8. The number of carbonyl (C=O) groups is 2. The van der Waals surface area contributed by atoms with Crippen LogP contribution in [0.2, 0.25) is 0 Å². The molecule has 0 spiro atoms. The average Bonchev–Trinajstić information content (AvgIpc) is 2.62. The van der Waals surface area contributed by atoms with E-state index in [1.54, 1.807) is 12.3 Å². The predicted molar refractivity (Wildman–Crippen MR) is 63.8 cm³/mol. The molecule has 0 bridgehead atoms. The van der Waals surface area contributed by atoms with Crippen LogP contribution in [-0.4, -0.2) is 21.6 Å². The Morgan fingerprint density at radius 2 is 2.18 bits per heavy atom. The van der Waals surface area contributed by atoms with E-state index < -0.39 is 5.97 Å². The molecule has 0 radical (unpaired) electrons. The molecular weight excluding hydrogens is 220 g/mol. The highest BCUT2D eigenvalue weighted by Crippen LogP contribution is 2.14. The molecule has 0 fully saturated rings. The zero-order valence-corrected chi connectivity index (χ0v) is 9.98. The van der Waals surface area contributed by atoms with Crippen LogP contribution in [0, 0.1) is 0 Å². The van der Waals surface area contributed by atoms with Crippen molar-refractivity contribution in [2.45, 2.75) is 39.2 Å². The number of primary amides is 1. The second kappa shape index (κ2) is 6.08. The van der Waals surface area contributed by atoms with Crippen LogP contribution in [0.1, 0.15) is 42.2 Å². The Kier molecular flexibility index (Phi) is 4.75. The Morgan fingerprint density at radius 1 is 1.47 bits per heavy atom. The van der Waals surface area contributed by atoms with E-state index in [9.17, 15) is 9.59 Å². The molecule has 1 aromatic rings. The molecule has 1 rings (SSSR count). The average molecular weight is 238 g/mol. The lowest BCUT2D eigenvalue weighted by molar-refractivity contribution is -0.118. The normalized spacial score (nSPS) is 10.4. The van der Waals surface area contributed by atoms with Gasteiger partial charge in [0.1, 0.15) is 0 Å². The number of aromatic nitrogens is 1. The van der Waals surface area contributed by atoms with Gasteiger partial charge >= 0.3 is 5.97 Å². The van der Waals surface area contributed by atoms with E-state index in [1.807, 2.05) is 11.5 Å². The first-order chi connectivity index (χ1) is 8.06. The van der Waals surface area contributed by atoms with Crippen LogP contribution in [0.25, 0.3) is 0 Å². The first-order valence-electron chi connectivity index (χ1n) is 5.75. The predicted octanol–water partition coefficient (Wildman–Crippen LogP) is 1.40. The van der Waals surface area contributed by atoms with Crippen LogP contribution in [0.15, 0.2) is 12.3 Å². The van der Waals surface area contributed by atoms with Gasteiger partial charge in [0.25, 0.3) is 0 Å². The minimum Gasteiger partial charge on any atom is -0.478 e. The molecule has 0 atom stereocenters. The van der Waals surface area contributed by atoms with Crippen molar-refractivity contribution in [3.8, 4) is 0 Å². The summed E-state index contributed by atoms with van der Waals surface area (Å²) in [5.74, 6) is -1.23. The first kappa shape index (κ1) is 13.3. The molecule has 5 heteroatoms. The van der Waals surface area contributed by atoms with Crippen molar-refractivity contribution in [3.05, 3.63) is 23.5 Å². The minimum atomic E-state index is -0.901. The third-order valence-corrected chi connectivity index (χ3v) is 2.62. The Bertz CT molecular complexity index is 410. The number of carboxylic acid groups (broad SMARTS) is 1. The first-order valence-corrected chi connectivity index (χ1v) is 5.75. The van der Waals surface area contributed by atoms with E-state index in [4.69, 9.17) is 10.8 Å². The number of nitrogens with zero attached hydrogens (tertiary/aromatic N) is 1. The summed E-state index contributed by atoms with van der Waals surface area (Å²) < 4.78 is 1.90. The van der Waals surface area contributed by atoms with E-state index in [2.05, 4.69) is 0 Å². The third kappa shape index (κ3) is 3.62. The maximum Gasteiger partial charge on any atom is 0.337 e. The fraction of sp³-hybridized carbons (Fsp3) is 0.500. The number of carbonyl (C=O) groups excluding carboxylic acids is 1. The SMILES string of the molecule is CCCc1c(C(=O)O)ccn1CCCC(N)=O. The molecule has 0 aromatic carbocycles. The second-order valence-electron chi connectivity index (χ2n) is 3.99. The molecule has 1 aromatic heterocycles. The molecule has 1 heterocycles. The maximum absolute atomic E-state index is 11.0. The van der Waals surface area contributed by atoms with Gasteiger partial charge in [-0.25, -0.2) is 4.79 Å². The Balaban J connectivity index is 2.77. The molecule has 0 saturated heterocycles. The molecule has 3 N–H and O–H groups in total. The number of aryl methyl sites for hydroxylation is 1. The van der Waals surface area contributed by atoms with Crippen LogP contribution >= 0.6 is 0 Å². The number of amides is 1. The van der Waals surface area contributed by atoms with Gasteiger partial charge in [-0.15, -0.1) is 0 Å². The highest BCUT2D eigenvalue weighted by atomic mass is 16.4.